The summed E-state index contributed by atoms with van der Waals surface area (Å²) >= 11 is 0. The van der Waals surface area contributed by atoms with E-state index in [1.807, 2.05) is 0 Å². The summed E-state index contributed by atoms with van der Waals surface area (Å²) in [6.45, 7) is 18.8. The fourth-order valence-corrected chi connectivity index (χ4v) is 4.12. The van der Waals surface area contributed by atoms with E-state index in [0.717, 1.165) is 64.9 Å². The molecule has 0 aliphatic carbocycles. The van der Waals surface area contributed by atoms with Crippen LogP contribution in [-0.2, 0) is 17.8 Å². The van der Waals surface area contributed by atoms with Crippen molar-refractivity contribution < 1.29 is 4.74 Å². The van der Waals surface area contributed by atoms with Crippen molar-refractivity contribution in [1.29, 1.82) is 0 Å². The van der Waals surface area contributed by atoms with E-state index in [1.54, 1.807) is 0 Å². The summed E-state index contributed by atoms with van der Waals surface area (Å²) in [4.78, 5) is 12.3. The summed E-state index contributed by atoms with van der Waals surface area (Å²) in [5.41, 5.74) is 2.65. The van der Waals surface area contributed by atoms with E-state index in [1.165, 1.54) is 43.9 Å². The lowest BCUT2D eigenvalue weighted by Crippen LogP contribution is -2.45. The molecule has 0 saturated carbocycles. The van der Waals surface area contributed by atoms with Gasteiger partial charge in [0.1, 0.15) is 0 Å². The predicted molar refractivity (Wildman–Crippen MR) is 144 cm³/mol. The number of nitrogens with zero attached hydrogens (tertiary/aromatic N) is 4. The number of morpholine rings is 1. The molecule has 0 aromatic heterocycles. The van der Waals surface area contributed by atoms with Crippen LogP contribution in [0.4, 0.5) is 0 Å². The van der Waals surface area contributed by atoms with Crippen LogP contribution in [0.5, 0.6) is 0 Å². The van der Waals surface area contributed by atoms with E-state index < -0.39 is 0 Å². The zero-order valence-corrected chi connectivity index (χ0v) is 22.4. The number of rotatable bonds is 10. The monoisotopic (exact) mass is 558 g/mol. The van der Waals surface area contributed by atoms with E-state index in [-0.39, 0.29) is 24.0 Å². The maximum atomic E-state index is 5.41. The molecule has 2 heterocycles. The van der Waals surface area contributed by atoms with Crippen molar-refractivity contribution in [3.05, 3.63) is 35.4 Å². The molecule has 0 amide bonds. The molecule has 1 aromatic carbocycles. The quantitative estimate of drug-likeness (QED) is 0.199. The normalized spacial score (nSPS) is 18.9. The first-order chi connectivity index (χ1) is 15.3. The van der Waals surface area contributed by atoms with Gasteiger partial charge >= 0.3 is 0 Å². The molecule has 2 fully saturated rings. The fourth-order valence-electron chi connectivity index (χ4n) is 4.12. The van der Waals surface area contributed by atoms with Crippen molar-refractivity contribution >= 4 is 29.9 Å². The summed E-state index contributed by atoms with van der Waals surface area (Å²) < 4.78 is 5.41. The Morgan fingerprint density at radius 1 is 0.875 bits per heavy atom. The highest BCUT2D eigenvalue weighted by atomic mass is 127. The minimum atomic E-state index is 0. The number of ether oxygens (including phenoxy) is 1. The van der Waals surface area contributed by atoms with Gasteiger partial charge in [0.25, 0.3) is 0 Å². The first kappa shape index (κ1) is 27.3. The second kappa shape index (κ2) is 15.8. The van der Waals surface area contributed by atoms with Gasteiger partial charge in [-0.2, -0.15) is 0 Å². The van der Waals surface area contributed by atoms with Gasteiger partial charge < -0.3 is 20.3 Å². The van der Waals surface area contributed by atoms with Crippen LogP contribution in [0.25, 0.3) is 0 Å². The molecule has 0 spiro atoms. The number of likely N-dealkylation sites (N-methyl/N-ethyl adjacent to an activating group) is 1. The van der Waals surface area contributed by atoms with E-state index >= 15 is 0 Å². The van der Waals surface area contributed by atoms with Gasteiger partial charge in [-0.1, -0.05) is 31.2 Å². The number of piperazine rings is 1. The Kier molecular flexibility index (Phi) is 13.5. The van der Waals surface area contributed by atoms with Crippen molar-refractivity contribution in [2.75, 3.05) is 78.7 Å². The Morgan fingerprint density at radius 2 is 1.53 bits per heavy atom. The molecule has 2 aliphatic rings. The second-order valence-corrected chi connectivity index (χ2v) is 8.46. The number of nitrogens with one attached hydrogen (secondary N) is 2. The zero-order chi connectivity index (χ0) is 21.7. The second-order valence-electron chi connectivity index (χ2n) is 8.46. The Balaban J connectivity index is 0.00000363. The Hall–Kier alpha value is -0.940. The van der Waals surface area contributed by atoms with Gasteiger partial charge in [0.05, 0.1) is 19.8 Å². The third-order valence-electron chi connectivity index (χ3n) is 6.15. The molecule has 0 radical (unpaired) electrons. The third-order valence-corrected chi connectivity index (χ3v) is 6.15. The zero-order valence-electron chi connectivity index (χ0n) is 20.0. The molecule has 3 rings (SSSR count). The number of halogens is 1. The van der Waals surface area contributed by atoms with Gasteiger partial charge in [-0.15, -0.1) is 24.0 Å². The fraction of sp³-hybridized carbons (Fsp3) is 0.708. The molecular formula is C24H43IN6O. The van der Waals surface area contributed by atoms with Gasteiger partial charge in [0.15, 0.2) is 5.96 Å². The first-order valence-electron chi connectivity index (χ1n) is 12.1. The summed E-state index contributed by atoms with van der Waals surface area (Å²) in [5, 5.41) is 6.83. The van der Waals surface area contributed by atoms with Crippen molar-refractivity contribution in [1.82, 2.24) is 25.3 Å². The Morgan fingerprint density at radius 3 is 2.19 bits per heavy atom. The average Bonchev–Trinajstić information content (AvgIpc) is 2.82. The van der Waals surface area contributed by atoms with E-state index in [9.17, 15) is 0 Å². The number of benzene rings is 1. The summed E-state index contributed by atoms with van der Waals surface area (Å²) in [6.07, 6.45) is 1.12. The maximum Gasteiger partial charge on any atom is 0.191 e. The van der Waals surface area contributed by atoms with Crippen LogP contribution in [0.15, 0.2) is 29.3 Å². The maximum absolute atomic E-state index is 5.41. The van der Waals surface area contributed by atoms with E-state index in [4.69, 9.17) is 9.73 Å². The first-order valence-corrected chi connectivity index (χ1v) is 12.1. The highest BCUT2D eigenvalue weighted by Gasteiger charge is 2.15. The molecule has 0 unspecified atom stereocenters. The topological polar surface area (TPSA) is 55.4 Å². The van der Waals surface area contributed by atoms with Crippen LogP contribution in [0.1, 0.15) is 31.4 Å². The minimum absolute atomic E-state index is 0. The molecule has 32 heavy (non-hydrogen) atoms. The molecule has 7 nitrogen and oxygen atoms in total. The van der Waals surface area contributed by atoms with Crippen LogP contribution >= 0.6 is 24.0 Å². The number of hydrogen-bond acceptors (Lipinski definition) is 5. The van der Waals surface area contributed by atoms with Crippen LogP contribution in [0.2, 0.25) is 0 Å². The lowest BCUT2D eigenvalue weighted by Gasteiger charge is -2.34. The SMILES string of the molecule is CCNC(=NCc1ccc(CN2CCN(CC)CC2)cc1)NCCCN1CCOCC1.I. The standard InChI is InChI=1S/C24H42N6O.HI/c1-3-25-24(26-10-5-11-29-16-18-31-19-17-29)27-20-22-6-8-23(9-7-22)21-30-14-12-28(4-2)13-15-30;/h6-9H,3-5,10-21H2,1-2H3,(H2,25,26,27);1H. The lowest BCUT2D eigenvalue weighted by atomic mass is 10.1. The molecule has 1 aromatic rings. The average molecular weight is 559 g/mol. The van der Waals surface area contributed by atoms with Gasteiger partial charge in [-0.25, -0.2) is 4.99 Å². The number of aliphatic imine (C=N–C) groups is 1. The van der Waals surface area contributed by atoms with Crippen molar-refractivity contribution in [3.63, 3.8) is 0 Å². The van der Waals surface area contributed by atoms with Crippen LogP contribution < -0.4 is 10.6 Å². The molecule has 0 bridgehead atoms. The molecule has 0 atom stereocenters. The highest BCUT2D eigenvalue weighted by molar-refractivity contribution is 14.0. The van der Waals surface area contributed by atoms with Crippen molar-refractivity contribution in [2.45, 2.75) is 33.4 Å². The van der Waals surface area contributed by atoms with Gasteiger partial charge in [0.2, 0.25) is 0 Å². The lowest BCUT2D eigenvalue weighted by molar-refractivity contribution is 0.0376. The van der Waals surface area contributed by atoms with Crippen molar-refractivity contribution in [2.24, 2.45) is 4.99 Å². The predicted octanol–water partition coefficient (Wildman–Crippen LogP) is 2.22. The van der Waals surface area contributed by atoms with Gasteiger partial charge in [-0.3, -0.25) is 9.80 Å². The van der Waals surface area contributed by atoms with Crippen LogP contribution in [0.3, 0.4) is 0 Å². The molecule has 2 saturated heterocycles. The van der Waals surface area contributed by atoms with Crippen LogP contribution in [-0.4, -0.2) is 99.3 Å². The highest BCUT2D eigenvalue weighted by Crippen LogP contribution is 2.11. The molecule has 8 heteroatoms. The summed E-state index contributed by atoms with van der Waals surface area (Å²) in [5.74, 6) is 0.905. The van der Waals surface area contributed by atoms with Crippen molar-refractivity contribution in [3.8, 4) is 0 Å². The Labute approximate surface area is 212 Å². The number of guanidine groups is 1. The molecule has 2 aliphatic heterocycles. The molecule has 2 N–H and O–H groups in total. The number of hydrogen-bond donors (Lipinski definition) is 2. The van der Waals surface area contributed by atoms with E-state index in [0.29, 0.717) is 6.54 Å². The van der Waals surface area contributed by atoms with Crippen LogP contribution in [0, 0.1) is 0 Å². The Bertz CT molecular complexity index is 642. The summed E-state index contributed by atoms with van der Waals surface area (Å²) in [7, 11) is 0. The molecular weight excluding hydrogens is 515 g/mol. The largest absolute Gasteiger partial charge is 0.379 e. The smallest absolute Gasteiger partial charge is 0.191 e. The van der Waals surface area contributed by atoms with Gasteiger partial charge in [-0.05, 0) is 37.6 Å². The third kappa shape index (κ3) is 9.91. The van der Waals surface area contributed by atoms with Gasteiger partial charge in [0, 0.05) is 58.9 Å². The van der Waals surface area contributed by atoms with E-state index in [2.05, 4.69) is 63.4 Å². The minimum Gasteiger partial charge on any atom is -0.379 e. The summed E-state index contributed by atoms with van der Waals surface area (Å²) in [6, 6.07) is 8.98. The molecule has 182 valence electrons.